The number of nitrogens with one attached hydrogen (secondary N) is 1. The zero-order valence-electron chi connectivity index (χ0n) is 12.0. The summed E-state index contributed by atoms with van der Waals surface area (Å²) in [7, 11) is 3.47. The smallest absolute Gasteiger partial charge is 0.272 e. The number of benzene rings is 1. The zero-order valence-corrected chi connectivity index (χ0v) is 13.5. The molecule has 0 saturated carbocycles. The monoisotopic (exact) mass is 336 g/mol. The van der Waals surface area contributed by atoms with E-state index in [-0.39, 0.29) is 5.91 Å². The molecule has 106 valence electrons. The molecule has 4 nitrogen and oxygen atoms in total. The van der Waals surface area contributed by atoms with Crippen LogP contribution in [0.25, 0.3) is 0 Å². The molecular formula is C15H17BrN2O2. The summed E-state index contributed by atoms with van der Waals surface area (Å²) in [4.78, 5) is 12.3. The van der Waals surface area contributed by atoms with Crippen molar-refractivity contribution in [2.24, 2.45) is 7.05 Å². The highest BCUT2D eigenvalue weighted by atomic mass is 79.9. The van der Waals surface area contributed by atoms with E-state index < -0.39 is 0 Å². The maximum atomic E-state index is 12.3. The number of carbonyl (C=O) groups excluding carboxylic acids is 1. The van der Waals surface area contributed by atoms with Gasteiger partial charge >= 0.3 is 0 Å². The standard InChI is InChI=1S/C15H17BrN2O2/c1-9-5-6-12(10(2)14(9)20-4)17-15(19)13-7-11(16)8-18(13)3/h5-8H,1-4H3,(H,17,19). The number of ether oxygens (including phenoxy) is 1. The van der Waals surface area contributed by atoms with Crippen molar-refractivity contribution >= 4 is 27.5 Å². The van der Waals surface area contributed by atoms with Crippen LogP contribution in [-0.4, -0.2) is 17.6 Å². The third-order valence-electron chi connectivity index (χ3n) is 3.26. The van der Waals surface area contributed by atoms with Gasteiger partial charge in [-0.25, -0.2) is 0 Å². The largest absolute Gasteiger partial charge is 0.496 e. The first kappa shape index (κ1) is 14.7. The fourth-order valence-electron chi connectivity index (χ4n) is 2.21. The predicted molar refractivity (Wildman–Crippen MR) is 83.5 cm³/mol. The highest BCUT2D eigenvalue weighted by Crippen LogP contribution is 2.29. The number of aromatic nitrogens is 1. The van der Waals surface area contributed by atoms with Crippen molar-refractivity contribution < 1.29 is 9.53 Å². The lowest BCUT2D eigenvalue weighted by atomic mass is 10.1. The van der Waals surface area contributed by atoms with Crippen molar-refractivity contribution in [2.75, 3.05) is 12.4 Å². The minimum absolute atomic E-state index is 0.146. The topological polar surface area (TPSA) is 43.3 Å². The van der Waals surface area contributed by atoms with Crippen LogP contribution in [0.2, 0.25) is 0 Å². The first-order valence-electron chi connectivity index (χ1n) is 6.21. The fourth-order valence-corrected chi connectivity index (χ4v) is 2.74. The minimum Gasteiger partial charge on any atom is -0.496 e. The van der Waals surface area contributed by atoms with Gasteiger partial charge in [0.2, 0.25) is 0 Å². The summed E-state index contributed by atoms with van der Waals surface area (Å²) < 4.78 is 8.02. The third kappa shape index (κ3) is 2.72. The van der Waals surface area contributed by atoms with Crippen molar-refractivity contribution in [1.29, 1.82) is 0 Å². The molecule has 1 aromatic heterocycles. The quantitative estimate of drug-likeness (QED) is 0.929. The van der Waals surface area contributed by atoms with Crippen molar-refractivity contribution in [3.63, 3.8) is 0 Å². The maximum Gasteiger partial charge on any atom is 0.272 e. The molecule has 0 aliphatic carbocycles. The molecular weight excluding hydrogens is 320 g/mol. The molecule has 0 atom stereocenters. The molecule has 0 unspecified atom stereocenters. The van der Waals surface area contributed by atoms with Gasteiger partial charge in [-0.05, 0) is 47.5 Å². The summed E-state index contributed by atoms with van der Waals surface area (Å²) in [6.07, 6.45) is 1.84. The van der Waals surface area contributed by atoms with E-state index in [9.17, 15) is 4.79 Å². The van der Waals surface area contributed by atoms with Gasteiger partial charge in [-0.1, -0.05) is 6.07 Å². The van der Waals surface area contributed by atoms with E-state index in [1.165, 1.54) is 0 Å². The summed E-state index contributed by atoms with van der Waals surface area (Å²) in [6, 6.07) is 5.61. The number of anilines is 1. The van der Waals surface area contributed by atoms with Crippen molar-refractivity contribution in [2.45, 2.75) is 13.8 Å². The van der Waals surface area contributed by atoms with Gasteiger partial charge in [-0.3, -0.25) is 4.79 Å². The fraction of sp³-hybridized carbons (Fsp3) is 0.267. The number of methoxy groups -OCH3 is 1. The van der Waals surface area contributed by atoms with Crippen LogP contribution in [0.15, 0.2) is 28.9 Å². The van der Waals surface area contributed by atoms with Gasteiger partial charge in [-0.2, -0.15) is 0 Å². The Kier molecular flexibility index (Phi) is 4.18. The Bertz CT molecular complexity index is 662. The molecule has 0 spiro atoms. The van der Waals surface area contributed by atoms with Crippen LogP contribution in [0.1, 0.15) is 21.6 Å². The van der Waals surface area contributed by atoms with Gasteiger partial charge in [0.1, 0.15) is 11.4 Å². The predicted octanol–water partition coefficient (Wildman–Crippen LogP) is 3.67. The van der Waals surface area contributed by atoms with E-state index in [2.05, 4.69) is 21.2 Å². The summed E-state index contributed by atoms with van der Waals surface area (Å²) in [5, 5.41) is 2.92. The van der Waals surface area contributed by atoms with Crippen molar-refractivity contribution in [3.05, 3.63) is 45.7 Å². The number of hydrogen-bond donors (Lipinski definition) is 1. The average molecular weight is 337 g/mol. The molecule has 0 radical (unpaired) electrons. The molecule has 0 saturated heterocycles. The van der Waals surface area contributed by atoms with Crippen molar-refractivity contribution in [3.8, 4) is 5.75 Å². The summed E-state index contributed by atoms with van der Waals surface area (Å²) in [6.45, 7) is 3.91. The number of amides is 1. The van der Waals surface area contributed by atoms with Gasteiger partial charge in [0, 0.05) is 29.0 Å². The molecule has 0 aliphatic rings. The molecule has 1 aromatic carbocycles. The summed E-state index contributed by atoms with van der Waals surface area (Å²) in [5.41, 5.74) is 3.32. The Labute approximate surface area is 126 Å². The highest BCUT2D eigenvalue weighted by molar-refractivity contribution is 9.10. The Morgan fingerprint density at radius 1 is 1.35 bits per heavy atom. The van der Waals surface area contributed by atoms with Crippen LogP contribution in [0.4, 0.5) is 5.69 Å². The summed E-state index contributed by atoms with van der Waals surface area (Å²) >= 11 is 3.36. The van der Waals surface area contributed by atoms with E-state index >= 15 is 0 Å². The number of hydrogen-bond acceptors (Lipinski definition) is 2. The van der Waals surface area contributed by atoms with Crippen LogP contribution < -0.4 is 10.1 Å². The Balaban J connectivity index is 2.31. The SMILES string of the molecule is COc1c(C)ccc(NC(=O)c2cc(Br)cn2C)c1C. The zero-order chi connectivity index (χ0) is 14.9. The number of halogens is 1. The van der Waals surface area contributed by atoms with E-state index in [4.69, 9.17) is 4.74 Å². The van der Waals surface area contributed by atoms with Crippen LogP contribution >= 0.6 is 15.9 Å². The Morgan fingerprint density at radius 2 is 2.05 bits per heavy atom. The molecule has 1 heterocycles. The second-order valence-corrected chi connectivity index (χ2v) is 5.61. The molecule has 0 aliphatic heterocycles. The Morgan fingerprint density at radius 3 is 2.60 bits per heavy atom. The second-order valence-electron chi connectivity index (χ2n) is 4.70. The van der Waals surface area contributed by atoms with Crippen LogP contribution in [0.3, 0.4) is 0 Å². The average Bonchev–Trinajstić information content (AvgIpc) is 2.73. The van der Waals surface area contributed by atoms with E-state index in [0.717, 1.165) is 27.0 Å². The molecule has 20 heavy (non-hydrogen) atoms. The minimum atomic E-state index is -0.146. The third-order valence-corrected chi connectivity index (χ3v) is 3.69. The highest BCUT2D eigenvalue weighted by Gasteiger charge is 2.14. The van der Waals surface area contributed by atoms with Crippen LogP contribution in [0, 0.1) is 13.8 Å². The lowest BCUT2D eigenvalue weighted by molar-refractivity contribution is 0.101. The molecule has 2 aromatic rings. The molecule has 1 amide bonds. The summed E-state index contributed by atoms with van der Waals surface area (Å²) in [5.74, 6) is 0.656. The number of rotatable bonds is 3. The van der Waals surface area contributed by atoms with Gasteiger partial charge in [-0.15, -0.1) is 0 Å². The molecule has 0 bridgehead atoms. The maximum absolute atomic E-state index is 12.3. The van der Waals surface area contributed by atoms with Gasteiger partial charge in [0.15, 0.2) is 0 Å². The van der Waals surface area contributed by atoms with Gasteiger partial charge in [0.05, 0.1) is 7.11 Å². The van der Waals surface area contributed by atoms with E-state index in [0.29, 0.717) is 5.69 Å². The lowest BCUT2D eigenvalue weighted by Crippen LogP contribution is -2.16. The van der Waals surface area contributed by atoms with E-state index in [1.54, 1.807) is 17.7 Å². The molecule has 0 fully saturated rings. The molecule has 1 N–H and O–H groups in total. The Hall–Kier alpha value is -1.75. The molecule has 2 rings (SSSR count). The number of aryl methyl sites for hydroxylation is 2. The molecule has 5 heteroatoms. The second kappa shape index (κ2) is 5.71. The van der Waals surface area contributed by atoms with Crippen LogP contribution in [-0.2, 0) is 7.05 Å². The van der Waals surface area contributed by atoms with Gasteiger partial charge < -0.3 is 14.6 Å². The first-order valence-corrected chi connectivity index (χ1v) is 7.00. The van der Waals surface area contributed by atoms with Crippen LogP contribution in [0.5, 0.6) is 5.75 Å². The first-order chi connectivity index (χ1) is 9.43. The van der Waals surface area contributed by atoms with Crippen molar-refractivity contribution in [1.82, 2.24) is 4.57 Å². The van der Waals surface area contributed by atoms with Gasteiger partial charge in [0.25, 0.3) is 5.91 Å². The normalized spacial score (nSPS) is 10.4. The number of nitrogens with zero attached hydrogens (tertiary/aromatic N) is 1. The number of carbonyl (C=O) groups is 1. The lowest BCUT2D eigenvalue weighted by Gasteiger charge is -2.14. The van der Waals surface area contributed by atoms with E-state index in [1.807, 2.05) is 39.2 Å².